The van der Waals surface area contributed by atoms with Crippen LogP contribution in [0.5, 0.6) is 23.0 Å². The summed E-state index contributed by atoms with van der Waals surface area (Å²) in [4.78, 5) is 5.00. The van der Waals surface area contributed by atoms with Crippen LogP contribution in [0.15, 0.2) is 218 Å². The van der Waals surface area contributed by atoms with Gasteiger partial charge < -0.3 is 19.3 Å². The van der Waals surface area contributed by atoms with Crippen LogP contribution in [0.1, 0.15) is 72.9 Å². The Bertz CT molecular complexity index is 4070. The van der Waals surface area contributed by atoms with Gasteiger partial charge in [-0.3, -0.25) is 0 Å². The van der Waals surface area contributed by atoms with Gasteiger partial charge in [0.05, 0.1) is 11.4 Å². The molecule has 4 nitrogen and oxygen atoms in total. The topological polar surface area (TPSA) is 24.9 Å². The molecule has 0 aliphatic carbocycles. The van der Waals surface area contributed by atoms with Crippen molar-refractivity contribution in [3.63, 3.8) is 0 Å². The molecular formula is C76H62B2N2O2. The number of aryl methyl sites for hydroxylation is 4. The predicted molar refractivity (Wildman–Crippen MR) is 347 cm³/mol. The van der Waals surface area contributed by atoms with Crippen molar-refractivity contribution in [1.82, 2.24) is 0 Å². The van der Waals surface area contributed by atoms with Gasteiger partial charge in [-0.2, -0.15) is 0 Å². The molecule has 4 aliphatic heterocycles. The highest BCUT2D eigenvalue weighted by molar-refractivity contribution is 7.02. The Morgan fingerprint density at radius 2 is 0.598 bits per heavy atom. The molecule has 0 radical (unpaired) electrons. The summed E-state index contributed by atoms with van der Waals surface area (Å²) in [6, 6.07) is 82.1. The van der Waals surface area contributed by atoms with Crippen LogP contribution in [-0.4, -0.2) is 13.4 Å². The zero-order valence-corrected chi connectivity index (χ0v) is 47.8. The molecule has 0 atom stereocenters. The summed E-state index contributed by atoms with van der Waals surface area (Å²) >= 11 is 0. The Kier molecular flexibility index (Phi) is 11.7. The van der Waals surface area contributed by atoms with Gasteiger partial charge in [0, 0.05) is 33.7 Å². The van der Waals surface area contributed by atoms with Crippen LogP contribution in [0.25, 0.3) is 44.5 Å². The van der Waals surface area contributed by atoms with Gasteiger partial charge in [-0.05, 0) is 166 Å². The second kappa shape index (κ2) is 19.2. The lowest BCUT2D eigenvalue weighted by molar-refractivity contribution is 0.477. The van der Waals surface area contributed by atoms with Crippen LogP contribution < -0.4 is 52.1 Å². The molecule has 0 saturated heterocycles. The van der Waals surface area contributed by atoms with Crippen molar-refractivity contribution in [2.45, 2.75) is 67.2 Å². The monoisotopic (exact) mass is 1060 g/mol. The van der Waals surface area contributed by atoms with E-state index in [9.17, 15) is 0 Å². The summed E-state index contributed by atoms with van der Waals surface area (Å²) < 4.78 is 15.7. The van der Waals surface area contributed by atoms with Crippen molar-refractivity contribution >= 4 is 80.3 Å². The lowest BCUT2D eigenvalue weighted by Crippen LogP contribution is -2.64. The number of hydrogen-bond acceptors (Lipinski definition) is 4. The van der Waals surface area contributed by atoms with E-state index in [1.54, 1.807) is 0 Å². The summed E-state index contributed by atoms with van der Waals surface area (Å²) in [5.74, 6) is 4.05. The highest BCUT2D eigenvalue weighted by Gasteiger charge is 2.52. The summed E-state index contributed by atoms with van der Waals surface area (Å²) in [5, 5.41) is 0. The van der Waals surface area contributed by atoms with E-state index in [1.807, 2.05) is 0 Å². The fourth-order valence-electron chi connectivity index (χ4n) is 13.3. The van der Waals surface area contributed by atoms with E-state index in [4.69, 9.17) is 9.47 Å². The Balaban J connectivity index is 1.07. The molecule has 4 aliphatic rings. The molecule has 82 heavy (non-hydrogen) atoms. The normalized spacial score (nSPS) is 13.2. The molecule has 0 spiro atoms. The van der Waals surface area contributed by atoms with Crippen LogP contribution >= 0.6 is 0 Å². The molecule has 0 unspecified atom stereocenters. The summed E-state index contributed by atoms with van der Waals surface area (Å²) in [7, 11) is 0. The minimum Gasteiger partial charge on any atom is -0.456 e. The third-order valence-corrected chi connectivity index (χ3v) is 17.9. The Morgan fingerprint density at radius 3 is 0.915 bits per heavy atom. The molecule has 394 valence electrons. The van der Waals surface area contributed by atoms with Crippen molar-refractivity contribution in [3.8, 4) is 67.5 Å². The van der Waals surface area contributed by atoms with Crippen LogP contribution in [0.4, 0.5) is 34.1 Å². The molecule has 0 amide bonds. The molecule has 11 aromatic carbocycles. The second-order valence-electron chi connectivity index (χ2n) is 23.9. The Hall–Kier alpha value is -9.25. The average molecular weight is 1060 g/mol. The fraction of sp³-hybridized carbons (Fsp3) is 0.132. The molecule has 11 aromatic rings. The molecule has 4 heterocycles. The molecule has 0 aromatic heterocycles. The molecule has 6 heteroatoms. The van der Waals surface area contributed by atoms with E-state index in [0.29, 0.717) is 11.8 Å². The van der Waals surface area contributed by atoms with Gasteiger partial charge in [-0.25, -0.2) is 0 Å². The third kappa shape index (κ3) is 8.05. The van der Waals surface area contributed by atoms with Gasteiger partial charge in [0.1, 0.15) is 23.0 Å². The van der Waals surface area contributed by atoms with Gasteiger partial charge >= 0.3 is 0 Å². The molecule has 0 fully saturated rings. The standard InChI is InChI=1S/C76H62B2N2O2/c1-45(2)57-31-39-69-65(41-57)77-63-43-59(55-21-13-49(7)14-22-55)29-37-67(63)79(61-33-25-53(26-34-61)51-17-9-47(5)10-18-51)73-71(77)75(81-69)74-72-76(73)82-70-40-32-58(46(3)4)42-66(70)78(72)64-44-60(56-23-15-50(8)16-24-56)30-38-68(64)80(74)62-35-27-54(28-36-62)52-19-11-48(6)12-20-52/h9-46H,1-8H3. The molecule has 15 rings (SSSR count). The highest BCUT2D eigenvalue weighted by Crippen LogP contribution is 2.54. The maximum Gasteiger partial charge on any atom is 0.256 e. The molecule has 0 bridgehead atoms. The van der Waals surface area contributed by atoms with Gasteiger partial charge in [0.15, 0.2) is 0 Å². The van der Waals surface area contributed by atoms with Gasteiger partial charge in [-0.15, -0.1) is 0 Å². The molecule has 0 saturated carbocycles. The lowest BCUT2D eigenvalue weighted by atomic mass is 9.31. The highest BCUT2D eigenvalue weighted by atomic mass is 16.5. The molecule has 0 N–H and O–H groups in total. The van der Waals surface area contributed by atoms with Crippen molar-refractivity contribution in [2.24, 2.45) is 0 Å². The van der Waals surface area contributed by atoms with Crippen molar-refractivity contribution in [1.29, 1.82) is 0 Å². The van der Waals surface area contributed by atoms with E-state index in [0.717, 1.165) is 90.1 Å². The molecular weight excluding hydrogens is 994 g/mol. The van der Waals surface area contributed by atoms with E-state index in [1.165, 1.54) is 77.7 Å². The summed E-state index contributed by atoms with van der Waals surface area (Å²) in [5.41, 5.74) is 30.2. The van der Waals surface area contributed by atoms with Crippen LogP contribution in [0.3, 0.4) is 0 Å². The smallest absolute Gasteiger partial charge is 0.256 e. The maximum atomic E-state index is 7.84. The van der Waals surface area contributed by atoms with Crippen LogP contribution in [0.2, 0.25) is 0 Å². The van der Waals surface area contributed by atoms with Crippen LogP contribution in [0, 0.1) is 27.7 Å². The summed E-state index contributed by atoms with van der Waals surface area (Å²) in [6.07, 6.45) is 0. The first-order chi connectivity index (χ1) is 39.9. The first kappa shape index (κ1) is 49.8. The number of benzene rings is 11. The van der Waals surface area contributed by atoms with E-state index >= 15 is 0 Å². The van der Waals surface area contributed by atoms with E-state index in [2.05, 4.69) is 284 Å². The number of fused-ring (bicyclic) bond motifs is 10. The van der Waals surface area contributed by atoms with Gasteiger partial charge in [0.2, 0.25) is 0 Å². The largest absolute Gasteiger partial charge is 0.456 e. The zero-order valence-electron chi connectivity index (χ0n) is 47.8. The Labute approximate surface area is 483 Å². The van der Waals surface area contributed by atoms with E-state index < -0.39 is 0 Å². The van der Waals surface area contributed by atoms with Crippen LogP contribution in [-0.2, 0) is 0 Å². The zero-order chi connectivity index (χ0) is 55.7. The first-order valence-corrected chi connectivity index (χ1v) is 29.2. The second-order valence-corrected chi connectivity index (χ2v) is 23.9. The van der Waals surface area contributed by atoms with Gasteiger partial charge in [0.25, 0.3) is 13.4 Å². The Morgan fingerprint density at radius 1 is 0.305 bits per heavy atom. The minimum atomic E-state index is -0.222. The number of ether oxygens (including phenoxy) is 2. The minimum absolute atomic E-state index is 0.222. The van der Waals surface area contributed by atoms with Crippen molar-refractivity contribution in [2.75, 3.05) is 9.80 Å². The SMILES string of the molecule is Cc1ccc(-c2ccc(N3c4ccc(-c5ccc(C)cc5)cc4B4c5cc(C(C)C)ccc5Oc5c4c3c3c4c5N(c5ccc(-c6ccc(C)cc6)cc5)c5ccc(-c6ccc(C)cc6)cc5B4c4cc(C(C)C)ccc4O3)cc2)cc1. The lowest BCUT2D eigenvalue weighted by Gasteiger charge is -2.47. The maximum absolute atomic E-state index is 7.84. The van der Waals surface area contributed by atoms with Crippen molar-refractivity contribution < 1.29 is 9.47 Å². The number of nitrogens with zero attached hydrogens (tertiary/aromatic N) is 2. The number of hydrogen-bond donors (Lipinski definition) is 0. The number of anilines is 6. The third-order valence-electron chi connectivity index (χ3n) is 17.9. The van der Waals surface area contributed by atoms with Crippen molar-refractivity contribution in [3.05, 3.63) is 252 Å². The predicted octanol–water partition coefficient (Wildman–Crippen LogP) is 16.6. The summed E-state index contributed by atoms with van der Waals surface area (Å²) in [6.45, 7) is 17.3. The van der Waals surface area contributed by atoms with Gasteiger partial charge in [-0.1, -0.05) is 220 Å². The van der Waals surface area contributed by atoms with E-state index in [-0.39, 0.29) is 13.4 Å². The number of rotatable bonds is 8. The first-order valence-electron chi connectivity index (χ1n) is 29.2. The fourth-order valence-corrected chi connectivity index (χ4v) is 13.3. The quantitative estimate of drug-likeness (QED) is 0.142. The average Bonchev–Trinajstić information content (AvgIpc) is 0.893.